The number of imide groups is 1. The zero-order valence-electron chi connectivity index (χ0n) is 16.2. The van der Waals surface area contributed by atoms with Crippen LogP contribution in [0, 0.1) is 5.41 Å². The van der Waals surface area contributed by atoms with Crippen molar-refractivity contribution in [1.82, 2.24) is 10.3 Å². The van der Waals surface area contributed by atoms with Crippen molar-refractivity contribution in [3.8, 4) is 0 Å². The van der Waals surface area contributed by atoms with Crippen LogP contribution in [0.3, 0.4) is 0 Å². The number of carbonyl (C=O) groups is 3. The predicted octanol–water partition coefficient (Wildman–Crippen LogP) is 2.45. The largest absolute Gasteiger partial charge is 0.456 e. The Hall–Kier alpha value is -2.44. The fourth-order valence-electron chi connectivity index (χ4n) is 3.77. The van der Waals surface area contributed by atoms with E-state index in [1.54, 1.807) is 12.1 Å². The first-order chi connectivity index (χ1) is 12.7. The second kappa shape index (κ2) is 7.29. The number of aromatic nitrogens is 1. The summed E-state index contributed by atoms with van der Waals surface area (Å²) in [6.07, 6.45) is 4.97. The summed E-state index contributed by atoms with van der Waals surface area (Å²) < 4.78 is 5.36. The van der Waals surface area contributed by atoms with E-state index in [0.29, 0.717) is 24.9 Å². The summed E-state index contributed by atoms with van der Waals surface area (Å²) in [5.41, 5.74) is -0.701. The average molecular weight is 373 g/mol. The highest BCUT2D eigenvalue weighted by Gasteiger charge is 2.44. The Morgan fingerprint density at radius 1 is 1.22 bits per heavy atom. The molecule has 1 spiro atoms. The van der Waals surface area contributed by atoms with Gasteiger partial charge in [-0.05, 0) is 58.6 Å². The molecule has 0 radical (unpaired) electrons. The van der Waals surface area contributed by atoms with E-state index in [4.69, 9.17) is 4.74 Å². The fraction of sp³-hybridized carbons (Fsp3) is 0.600. The topological polar surface area (TPSA) is 88.6 Å². The minimum atomic E-state index is -0.556. The van der Waals surface area contributed by atoms with Gasteiger partial charge in [-0.3, -0.25) is 14.9 Å². The van der Waals surface area contributed by atoms with Gasteiger partial charge in [-0.15, -0.1) is 0 Å². The van der Waals surface area contributed by atoms with Gasteiger partial charge in [0, 0.05) is 25.7 Å². The maximum absolute atomic E-state index is 12.6. The van der Waals surface area contributed by atoms with E-state index in [-0.39, 0.29) is 11.8 Å². The first-order valence-corrected chi connectivity index (χ1v) is 9.47. The van der Waals surface area contributed by atoms with Crippen LogP contribution in [0.2, 0.25) is 0 Å². The number of esters is 1. The molecule has 7 nitrogen and oxygen atoms in total. The number of pyridine rings is 1. The van der Waals surface area contributed by atoms with E-state index in [1.165, 1.54) is 6.20 Å². The third-order valence-electron chi connectivity index (χ3n) is 5.08. The lowest BCUT2D eigenvalue weighted by molar-refractivity contribution is -0.136. The third kappa shape index (κ3) is 4.46. The smallest absolute Gasteiger partial charge is 0.340 e. The highest BCUT2D eigenvalue weighted by molar-refractivity contribution is 5.99. The van der Waals surface area contributed by atoms with E-state index in [0.717, 1.165) is 31.6 Å². The van der Waals surface area contributed by atoms with Crippen LogP contribution in [0.25, 0.3) is 0 Å². The number of amides is 2. The molecule has 7 heteroatoms. The number of hydrogen-bond acceptors (Lipinski definition) is 6. The molecule has 2 saturated heterocycles. The number of carbonyl (C=O) groups excluding carboxylic acids is 3. The zero-order valence-corrected chi connectivity index (χ0v) is 16.2. The number of nitrogens with zero attached hydrogens (tertiary/aromatic N) is 2. The van der Waals surface area contributed by atoms with Crippen molar-refractivity contribution >= 4 is 23.6 Å². The molecule has 3 heterocycles. The highest BCUT2D eigenvalue weighted by Crippen LogP contribution is 2.38. The van der Waals surface area contributed by atoms with Crippen molar-refractivity contribution in [1.29, 1.82) is 0 Å². The van der Waals surface area contributed by atoms with Crippen LogP contribution in [-0.2, 0) is 14.3 Å². The monoisotopic (exact) mass is 373 g/mol. The average Bonchev–Trinajstić information content (AvgIpc) is 2.72. The number of anilines is 1. The van der Waals surface area contributed by atoms with Gasteiger partial charge in [-0.1, -0.05) is 0 Å². The van der Waals surface area contributed by atoms with Crippen LogP contribution >= 0.6 is 0 Å². The van der Waals surface area contributed by atoms with Crippen LogP contribution in [0.1, 0.15) is 63.2 Å². The van der Waals surface area contributed by atoms with Crippen LogP contribution in [0.5, 0.6) is 0 Å². The van der Waals surface area contributed by atoms with Crippen molar-refractivity contribution in [3.63, 3.8) is 0 Å². The van der Waals surface area contributed by atoms with Crippen molar-refractivity contribution in [2.24, 2.45) is 5.41 Å². The number of hydrogen-bond donors (Lipinski definition) is 1. The molecule has 1 unspecified atom stereocenters. The Morgan fingerprint density at radius 3 is 2.63 bits per heavy atom. The molecule has 2 aliphatic heterocycles. The van der Waals surface area contributed by atoms with Gasteiger partial charge in [-0.2, -0.15) is 0 Å². The van der Waals surface area contributed by atoms with Crippen LogP contribution in [0.4, 0.5) is 5.82 Å². The van der Waals surface area contributed by atoms with E-state index in [2.05, 4.69) is 15.2 Å². The minimum Gasteiger partial charge on any atom is -0.456 e. The second-order valence-electron chi connectivity index (χ2n) is 8.44. The molecule has 0 bridgehead atoms. The summed E-state index contributed by atoms with van der Waals surface area (Å²) in [6.45, 7) is 6.79. The molecule has 27 heavy (non-hydrogen) atoms. The van der Waals surface area contributed by atoms with Gasteiger partial charge in [0.2, 0.25) is 11.8 Å². The predicted molar refractivity (Wildman–Crippen MR) is 100 cm³/mol. The summed E-state index contributed by atoms with van der Waals surface area (Å²) in [4.78, 5) is 42.9. The molecule has 0 saturated carbocycles. The quantitative estimate of drug-likeness (QED) is 0.633. The lowest BCUT2D eigenvalue weighted by Crippen LogP contribution is -2.52. The Labute approximate surface area is 159 Å². The van der Waals surface area contributed by atoms with Gasteiger partial charge in [0.25, 0.3) is 0 Å². The maximum atomic E-state index is 12.6. The van der Waals surface area contributed by atoms with Crippen LogP contribution < -0.4 is 10.2 Å². The minimum absolute atomic E-state index is 0.167. The van der Waals surface area contributed by atoms with Gasteiger partial charge < -0.3 is 9.64 Å². The lowest BCUT2D eigenvalue weighted by Gasteiger charge is -2.41. The molecular weight excluding hydrogens is 346 g/mol. The van der Waals surface area contributed by atoms with Crippen LogP contribution in [-0.4, -0.2) is 41.5 Å². The Morgan fingerprint density at radius 2 is 1.96 bits per heavy atom. The molecule has 2 amide bonds. The van der Waals surface area contributed by atoms with Gasteiger partial charge in [0.05, 0.1) is 11.0 Å². The van der Waals surface area contributed by atoms with Crippen molar-refractivity contribution in [2.45, 2.75) is 58.5 Å². The zero-order chi connectivity index (χ0) is 19.7. The maximum Gasteiger partial charge on any atom is 0.340 e. The third-order valence-corrected chi connectivity index (χ3v) is 5.08. The van der Waals surface area contributed by atoms with E-state index >= 15 is 0 Å². The second-order valence-corrected chi connectivity index (χ2v) is 8.44. The van der Waals surface area contributed by atoms with Gasteiger partial charge >= 0.3 is 5.97 Å². The molecular formula is C20H27N3O4. The first kappa shape index (κ1) is 19.3. The van der Waals surface area contributed by atoms with Gasteiger partial charge in [0.1, 0.15) is 11.4 Å². The molecule has 1 N–H and O–H groups in total. The summed E-state index contributed by atoms with van der Waals surface area (Å²) >= 11 is 0. The highest BCUT2D eigenvalue weighted by atomic mass is 16.6. The number of rotatable bonds is 2. The number of ether oxygens (including phenoxy) is 1. The van der Waals surface area contributed by atoms with Crippen molar-refractivity contribution < 1.29 is 19.1 Å². The number of piperidine rings is 1. The molecule has 2 aliphatic rings. The number of nitrogens with one attached hydrogen (secondary N) is 1. The van der Waals surface area contributed by atoms with E-state index in [1.807, 2.05) is 20.8 Å². The van der Waals surface area contributed by atoms with Crippen molar-refractivity contribution in [3.05, 3.63) is 23.9 Å². The SMILES string of the molecule is CC(C)(C)OC(=O)c1ccc(N2CCCC3(CCCC(=O)NC3=O)C2)nc1. The summed E-state index contributed by atoms with van der Waals surface area (Å²) in [7, 11) is 0. The standard InChI is InChI=1S/C20H27N3O4/c1-19(2,3)27-17(25)14-7-8-15(21-12-14)23-11-5-10-20(13-23)9-4-6-16(24)22-18(20)26/h7-8,12H,4-6,9-11,13H2,1-3H3,(H,22,24,26). The van der Waals surface area contributed by atoms with E-state index < -0.39 is 17.0 Å². The molecule has 0 aromatic carbocycles. The molecule has 1 aromatic rings. The Kier molecular flexibility index (Phi) is 5.22. The van der Waals surface area contributed by atoms with E-state index in [9.17, 15) is 14.4 Å². The molecule has 1 aromatic heterocycles. The first-order valence-electron chi connectivity index (χ1n) is 9.47. The normalized spacial score (nSPS) is 23.7. The fourth-order valence-corrected chi connectivity index (χ4v) is 3.77. The molecule has 2 fully saturated rings. The Bertz CT molecular complexity index is 739. The summed E-state index contributed by atoms with van der Waals surface area (Å²) in [5, 5.41) is 2.53. The lowest BCUT2D eigenvalue weighted by atomic mass is 9.75. The van der Waals surface area contributed by atoms with Gasteiger partial charge in [-0.25, -0.2) is 9.78 Å². The van der Waals surface area contributed by atoms with Crippen LogP contribution in [0.15, 0.2) is 18.3 Å². The molecule has 3 rings (SSSR count). The van der Waals surface area contributed by atoms with Crippen molar-refractivity contribution in [2.75, 3.05) is 18.0 Å². The molecule has 1 atom stereocenters. The molecule has 146 valence electrons. The summed E-state index contributed by atoms with van der Waals surface area (Å²) in [6, 6.07) is 3.49. The van der Waals surface area contributed by atoms with Gasteiger partial charge in [0.15, 0.2) is 0 Å². The summed E-state index contributed by atoms with van der Waals surface area (Å²) in [5.74, 6) is -0.0306. The molecule has 0 aliphatic carbocycles. The Balaban J connectivity index is 1.74.